The molecule has 1 aromatic rings. The van der Waals surface area contributed by atoms with E-state index < -0.39 is 0 Å². The largest absolute Gasteiger partial charge is 0.368 e. The Kier molecular flexibility index (Phi) is 6.35. The number of aromatic nitrogens is 1. The lowest BCUT2D eigenvalue weighted by atomic mass is 10.1. The summed E-state index contributed by atoms with van der Waals surface area (Å²) in [5.74, 6) is 1.31. The summed E-state index contributed by atoms with van der Waals surface area (Å²) in [4.78, 5) is 23.5. The van der Waals surface area contributed by atoms with Crippen LogP contribution in [0.1, 0.15) is 25.8 Å². The van der Waals surface area contributed by atoms with E-state index in [-0.39, 0.29) is 6.03 Å². The first kappa shape index (κ1) is 19.0. The Balaban J connectivity index is 1.40. The van der Waals surface area contributed by atoms with Gasteiger partial charge in [0, 0.05) is 63.9 Å². The number of likely N-dealkylation sites (tertiary alicyclic amines) is 1. The highest BCUT2D eigenvalue weighted by atomic mass is 16.2. The Morgan fingerprint density at radius 3 is 2.73 bits per heavy atom. The van der Waals surface area contributed by atoms with Crippen LogP contribution in [0, 0.1) is 18.8 Å². The van der Waals surface area contributed by atoms with Crippen LogP contribution in [0.5, 0.6) is 0 Å². The van der Waals surface area contributed by atoms with Crippen LogP contribution in [-0.4, -0.2) is 73.2 Å². The molecule has 0 unspecified atom stereocenters. The van der Waals surface area contributed by atoms with Gasteiger partial charge in [-0.25, -0.2) is 4.79 Å². The molecule has 2 aliphatic heterocycles. The lowest BCUT2D eigenvalue weighted by Gasteiger charge is -2.36. The van der Waals surface area contributed by atoms with Crippen molar-refractivity contribution in [3.8, 4) is 0 Å². The average Bonchev–Trinajstić information content (AvgIpc) is 3.07. The summed E-state index contributed by atoms with van der Waals surface area (Å²) in [6.07, 6.45) is 4.94. The molecule has 1 aromatic heterocycles. The highest BCUT2D eigenvalue weighted by Gasteiger charge is 2.25. The molecule has 6 nitrogen and oxygen atoms in total. The molecule has 1 N–H and O–H groups in total. The quantitative estimate of drug-likeness (QED) is 0.876. The molecular formula is C20H33N5O. The predicted molar refractivity (Wildman–Crippen MR) is 106 cm³/mol. The van der Waals surface area contributed by atoms with Gasteiger partial charge >= 0.3 is 6.03 Å². The van der Waals surface area contributed by atoms with Gasteiger partial charge in [-0.05, 0) is 43.4 Å². The van der Waals surface area contributed by atoms with Crippen molar-refractivity contribution >= 4 is 11.7 Å². The van der Waals surface area contributed by atoms with Crippen LogP contribution in [0.3, 0.4) is 0 Å². The molecule has 1 atom stereocenters. The van der Waals surface area contributed by atoms with Crippen molar-refractivity contribution in [2.24, 2.45) is 11.8 Å². The van der Waals surface area contributed by atoms with Gasteiger partial charge in [0.05, 0.1) is 0 Å². The fraction of sp³-hybridized carbons (Fsp3) is 0.700. The number of carbonyl (C=O) groups is 1. The van der Waals surface area contributed by atoms with E-state index in [1.807, 2.05) is 17.3 Å². The van der Waals surface area contributed by atoms with Gasteiger partial charge in [-0.2, -0.15) is 0 Å². The van der Waals surface area contributed by atoms with Crippen LogP contribution in [-0.2, 0) is 0 Å². The first-order valence-corrected chi connectivity index (χ1v) is 9.93. The Bertz CT molecular complexity index is 598. The molecule has 3 rings (SSSR count). The highest BCUT2D eigenvalue weighted by molar-refractivity contribution is 5.74. The number of pyridine rings is 1. The zero-order valence-corrected chi connectivity index (χ0v) is 16.4. The first-order chi connectivity index (χ1) is 12.5. The highest BCUT2D eigenvalue weighted by Crippen LogP contribution is 2.20. The van der Waals surface area contributed by atoms with E-state index in [0.717, 1.165) is 39.3 Å². The van der Waals surface area contributed by atoms with Crippen molar-refractivity contribution in [2.45, 2.75) is 27.2 Å². The SMILES string of the molecule is Cc1cnccc1N1CCN(C(=O)NC[C@@H]2CCN(CC(C)C)C2)CC1. The number of urea groups is 1. The van der Waals surface area contributed by atoms with E-state index in [1.54, 1.807) is 0 Å². The molecule has 0 aliphatic carbocycles. The van der Waals surface area contributed by atoms with Crippen LogP contribution >= 0.6 is 0 Å². The number of nitrogens with one attached hydrogen (secondary N) is 1. The summed E-state index contributed by atoms with van der Waals surface area (Å²) >= 11 is 0. The average molecular weight is 360 g/mol. The topological polar surface area (TPSA) is 51.7 Å². The number of carbonyl (C=O) groups excluding carboxylic acids is 1. The lowest BCUT2D eigenvalue weighted by Crippen LogP contribution is -2.52. The Morgan fingerprint density at radius 1 is 1.27 bits per heavy atom. The van der Waals surface area contributed by atoms with E-state index >= 15 is 0 Å². The monoisotopic (exact) mass is 359 g/mol. The van der Waals surface area contributed by atoms with E-state index in [2.05, 4.69) is 46.9 Å². The van der Waals surface area contributed by atoms with Crippen LogP contribution < -0.4 is 10.2 Å². The molecule has 3 heterocycles. The van der Waals surface area contributed by atoms with Gasteiger partial charge < -0.3 is 20.0 Å². The van der Waals surface area contributed by atoms with Crippen LogP contribution in [0.2, 0.25) is 0 Å². The summed E-state index contributed by atoms with van der Waals surface area (Å²) in [6.45, 7) is 14.2. The number of hydrogen-bond donors (Lipinski definition) is 1. The molecule has 0 bridgehead atoms. The smallest absolute Gasteiger partial charge is 0.317 e. The van der Waals surface area contributed by atoms with Gasteiger partial charge in [0.15, 0.2) is 0 Å². The van der Waals surface area contributed by atoms with Crippen molar-refractivity contribution in [3.05, 3.63) is 24.0 Å². The zero-order chi connectivity index (χ0) is 18.5. The third-order valence-electron chi connectivity index (χ3n) is 5.43. The molecule has 6 heteroatoms. The van der Waals surface area contributed by atoms with Crippen molar-refractivity contribution in [1.29, 1.82) is 0 Å². The standard InChI is InChI=1S/C20H33N5O/c1-16(2)14-23-7-5-18(15-23)13-22-20(26)25-10-8-24(9-11-25)19-4-6-21-12-17(19)3/h4,6,12,16,18H,5,7-11,13-15H2,1-3H3,(H,22,26)/t18-/m0/s1. The lowest BCUT2D eigenvalue weighted by molar-refractivity contribution is 0.192. The van der Waals surface area contributed by atoms with Crippen LogP contribution in [0.25, 0.3) is 0 Å². The molecular weight excluding hydrogens is 326 g/mol. The molecule has 0 radical (unpaired) electrons. The second kappa shape index (κ2) is 8.71. The second-order valence-electron chi connectivity index (χ2n) is 8.13. The van der Waals surface area contributed by atoms with E-state index in [1.165, 1.54) is 30.8 Å². The van der Waals surface area contributed by atoms with Crippen molar-refractivity contribution in [3.63, 3.8) is 0 Å². The maximum atomic E-state index is 12.5. The van der Waals surface area contributed by atoms with Crippen molar-refractivity contribution < 1.29 is 4.79 Å². The Hall–Kier alpha value is -1.82. The summed E-state index contributed by atoms with van der Waals surface area (Å²) in [6, 6.07) is 2.16. The molecule has 0 saturated carbocycles. The molecule has 144 valence electrons. The van der Waals surface area contributed by atoms with Gasteiger partial charge in [-0.1, -0.05) is 13.8 Å². The number of rotatable bonds is 5. The fourth-order valence-electron chi connectivity index (χ4n) is 4.08. The summed E-state index contributed by atoms with van der Waals surface area (Å²) in [5, 5.41) is 3.17. The molecule has 2 amide bonds. The summed E-state index contributed by atoms with van der Waals surface area (Å²) in [5.41, 5.74) is 2.42. The van der Waals surface area contributed by atoms with E-state index in [4.69, 9.17) is 0 Å². The molecule has 0 aromatic carbocycles. The minimum Gasteiger partial charge on any atom is -0.368 e. The number of aryl methyl sites for hydroxylation is 1. The van der Waals surface area contributed by atoms with E-state index in [0.29, 0.717) is 11.8 Å². The van der Waals surface area contributed by atoms with Gasteiger partial charge in [0.1, 0.15) is 0 Å². The number of nitrogens with zero attached hydrogens (tertiary/aromatic N) is 4. The van der Waals surface area contributed by atoms with Crippen LogP contribution in [0.15, 0.2) is 18.5 Å². The number of amides is 2. The molecule has 0 spiro atoms. The Labute approximate surface area is 157 Å². The maximum absolute atomic E-state index is 12.5. The first-order valence-electron chi connectivity index (χ1n) is 9.93. The molecule has 2 aliphatic rings. The third-order valence-corrected chi connectivity index (χ3v) is 5.43. The number of anilines is 1. The second-order valence-corrected chi connectivity index (χ2v) is 8.13. The Morgan fingerprint density at radius 2 is 2.04 bits per heavy atom. The van der Waals surface area contributed by atoms with Gasteiger partial charge in [-0.15, -0.1) is 0 Å². The van der Waals surface area contributed by atoms with Gasteiger partial charge in [0.2, 0.25) is 0 Å². The van der Waals surface area contributed by atoms with Gasteiger partial charge in [-0.3, -0.25) is 4.98 Å². The number of piperazine rings is 1. The zero-order valence-electron chi connectivity index (χ0n) is 16.4. The molecule has 2 fully saturated rings. The third kappa shape index (κ3) is 4.87. The molecule has 2 saturated heterocycles. The summed E-state index contributed by atoms with van der Waals surface area (Å²) in [7, 11) is 0. The number of hydrogen-bond acceptors (Lipinski definition) is 4. The normalized spacial score (nSPS) is 21.5. The minimum absolute atomic E-state index is 0.0957. The molecule has 26 heavy (non-hydrogen) atoms. The minimum atomic E-state index is 0.0957. The maximum Gasteiger partial charge on any atom is 0.317 e. The van der Waals surface area contributed by atoms with Gasteiger partial charge in [0.25, 0.3) is 0 Å². The summed E-state index contributed by atoms with van der Waals surface area (Å²) < 4.78 is 0. The van der Waals surface area contributed by atoms with E-state index in [9.17, 15) is 4.79 Å². The van der Waals surface area contributed by atoms with Crippen LogP contribution in [0.4, 0.5) is 10.5 Å². The van der Waals surface area contributed by atoms with Crippen molar-refractivity contribution in [2.75, 3.05) is 57.3 Å². The fourth-order valence-corrected chi connectivity index (χ4v) is 4.08. The predicted octanol–water partition coefficient (Wildman–Crippen LogP) is 2.20. The van der Waals surface area contributed by atoms with Crippen molar-refractivity contribution in [1.82, 2.24) is 20.1 Å².